The molecule has 0 aromatic carbocycles. The second-order valence-corrected chi connectivity index (χ2v) is 4.44. The third-order valence-corrected chi connectivity index (χ3v) is 3.46. The highest BCUT2D eigenvalue weighted by Gasteiger charge is 2.56. The summed E-state index contributed by atoms with van der Waals surface area (Å²) in [4.78, 5) is 36.9. The molecule has 2 fully saturated rings. The summed E-state index contributed by atoms with van der Waals surface area (Å²) in [5.41, 5.74) is -0.884. The normalized spacial score (nSPS) is 29.2. The fourth-order valence-electron chi connectivity index (χ4n) is 2.48. The van der Waals surface area contributed by atoms with E-state index in [9.17, 15) is 14.4 Å². The van der Waals surface area contributed by atoms with Crippen molar-refractivity contribution in [2.24, 2.45) is 0 Å². The van der Waals surface area contributed by atoms with Crippen molar-refractivity contribution in [2.75, 3.05) is 26.7 Å². The molecule has 0 saturated carbocycles. The van der Waals surface area contributed by atoms with Crippen molar-refractivity contribution in [1.29, 1.82) is 0 Å². The fourth-order valence-corrected chi connectivity index (χ4v) is 2.48. The number of rotatable bonds is 2. The number of carboxylic acid groups (broad SMARTS) is 1. The minimum Gasteiger partial charge on any atom is -0.480 e. The SMILES string of the molecule is CN1C(=O)N(CC(=O)O)C(=O)C12CCCNC2. The minimum atomic E-state index is -1.18. The fraction of sp³-hybridized carbons (Fsp3) is 0.700. The van der Waals surface area contributed by atoms with E-state index in [-0.39, 0.29) is 0 Å². The van der Waals surface area contributed by atoms with Gasteiger partial charge in [-0.3, -0.25) is 14.5 Å². The predicted octanol–water partition coefficient (Wildman–Crippen LogP) is -0.913. The maximum absolute atomic E-state index is 12.2. The van der Waals surface area contributed by atoms with Crippen LogP contribution in [0.25, 0.3) is 0 Å². The molecule has 3 amide bonds. The predicted molar refractivity (Wildman–Crippen MR) is 57.3 cm³/mol. The summed E-state index contributed by atoms with van der Waals surface area (Å²) in [7, 11) is 1.55. The van der Waals surface area contributed by atoms with Crippen LogP contribution in [-0.4, -0.2) is 65.0 Å². The van der Waals surface area contributed by atoms with Crippen LogP contribution in [-0.2, 0) is 9.59 Å². The van der Waals surface area contributed by atoms with Gasteiger partial charge >= 0.3 is 12.0 Å². The Balaban J connectivity index is 2.27. The zero-order chi connectivity index (χ0) is 12.6. The van der Waals surface area contributed by atoms with Gasteiger partial charge in [-0.2, -0.15) is 0 Å². The second kappa shape index (κ2) is 3.99. The third-order valence-electron chi connectivity index (χ3n) is 3.46. The summed E-state index contributed by atoms with van der Waals surface area (Å²) >= 11 is 0. The first-order chi connectivity index (χ1) is 7.99. The Morgan fingerprint density at radius 3 is 2.76 bits per heavy atom. The lowest BCUT2D eigenvalue weighted by Crippen LogP contribution is -2.57. The molecule has 2 rings (SSSR count). The minimum absolute atomic E-state index is 0.393. The van der Waals surface area contributed by atoms with Gasteiger partial charge in [0.2, 0.25) is 0 Å². The van der Waals surface area contributed by atoms with Crippen molar-refractivity contribution >= 4 is 17.9 Å². The van der Waals surface area contributed by atoms with Crippen LogP contribution >= 0.6 is 0 Å². The van der Waals surface area contributed by atoms with Gasteiger partial charge in [0.15, 0.2) is 0 Å². The summed E-state index contributed by atoms with van der Waals surface area (Å²) in [5, 5.41) is 11.8. The molecular formula is C10H15N3O4. The lowest BCUT2D eigenvalue weighted by atomic mass is 9.89. The van der Waals surface area contributed by atoms with Crippen molar-refractivity contribution in [3.05, 3.63) is 0 Å². The Morgan fingerprint density at radius 1 is 1.53 bits per heavy atom. The van der Waals surface area contributed by atoms with Crippen molar-refractivity contribution in [1.82, 2.24) is 15.1 Å². The molecule has 2 aliphatic heterocycles. The highest BCUT2D eigenvalue weighted by atomic mass is 16.4. The van der Waals surface area contributed by atoms with Gasteiger partial charge < -0.3 is 15.3 Å². The van der Waals surface area contributed by atoms with Gasteiger partial charge in [-0.05, 0) is 19.4 Å². The van der Waals surface area contributed by atoms with Crippen LogP contribution in [0.4, 0.5) is 4.79 Å². The molecule has 2 N–H and O–H groups in total. The topological polar surface area (TPSA) is 90.0 Å². The van der Waals surface area contributed by atoms with Gasteiger partial charge in [-0.1, -0.05) is 0 Å². The molecule has 7 heteroatoms. The van der Waals surface area contributed by atoms with E-state index in [0.717, 1.165) is 17.9 Å². The number of aliphatic carboxylic acids is 1. The number of hydrogen-bond donors (Lipinski definition) is 2. The molecule has 0 aromatic heterocycles. The molecule has 94 valence electrons. The first kappa shape index (κ1) is 11.8. The monoisotopic (exact) mass is 241 g/mol. The summed E-state index contributed by atoms with van der Waals surface area (Å²) in [6.07, 6.45) is 1.38. The van der Waals surface area contributed by atoms with Crippen LogP contribution < -0.4 is 5.32 Å². The summed E-state index contributed by atoms with van der Waals surface area (Å²) in [5.74, 6) is -1.58. The number of nitrogens with one attached hydrogen (secondary N) is 1. The van der Waals surface area contributed by atoms with E-state index in [2.05, 4.69) is 5.32 Å². The number of imide groups is 1. The Hall–Kier alpha value is -1.63. The maximum atomic E-state index is 12.2. The summed E-state index contributed by atoms with van der Waals surface area (Å²) in [6, 6.07) is -0.527. The van der Waals surface area contributed by atoms with Gasteiger partial charge in [0.05, 0.1) is 0 Å². The highest BCUT2D eigenvalue weighted by Crippen LogP contribution is 2.32. The molecule has 7 nitrogen and oxygen atoms in total. The zero-order valence-corrected chi connectivity index (χ0v) is 9.60. The number of carbonyl (C=O) groups excluding carboxylic acids is 2. The van der Waals surface area contributed by atoms with Crippen molar-refractivity contribution in [3.63, 3.8) is 0 Å². The van der Waals surface area contributed by atoms with E-state index in [1.165, 1.54) is 4.90 Å². The molecule has 1 atom stereocenters. The largest absolute Gasteiger partial charge is 0.480 e. The number of amides is 3. The second-order valence-electron chi connectivity index (χ2n) is 4.44. The molecule has 1 unspecified atom stereocenters. The van der Waals surface area contributed by atoms with Crippen LogP contribution in [0.1, 0.15) is 12.8 Å². The number of carboxylic acids is 1. The van der Waals surface area contributed by atoms with E-state index < -0.39 is 30.0 Å². The molecular weight excluding hydrogens is 226 g/mol. The highest BCUT2D eigenvalue weighted by molar-refractivity contribution is 6.08. The van der Waals surface area contributed by atoms with E-state index >= 15 is 0 Å². The number of urea groups is 1. The molecule has 17 heavy (non-hydrogen) atoms. The molecule has 0 aromatic rings. The number of nitrogens with zero attached hydrogens (tertiary/aromatic N) is 2. The average molecular weight is 241 g/mol. The summed E-state index contributed by atoms with van der Waals surface area (Å²) in [6.45, 7) is 0.643. The molecule has 0 radical (unpaired) electrons. The quantitative estimate of drug-likeness (QED) is 0.611. The Labute approximate surface area is 98.4 Å². The smallest absolute Gasteiger partial charge is 0.328 e. The van der Waals surface area contributed by atoms with Crippen molar-refractivity contribution in [3.8, 4) is 0 Å². The van der Waals surface area contributed by atoms with E-state index in [0.29, 0.717) is 13.0 Å². The van der Waals surface area contributed by atoms with Crippen LogP contribution in [0, 0.1) is 0 Å². The van der Waals surface area contributed by atoms with E-state index in [4.69, 9.17) is 5.11 Å². The molecule has 2 heterocycles. The van der Waals surface area contributed by atoms with Crippen molar-refractivity contribution in [2.45, 2.75) is 18.4 Å². The zero-order valence-electron chi connectivity index (χ0n) is 9.60. The summed E-state index contributed by atoms with van der Waals surface area (Å²) < 4.78 is 0. The lowest BCUT2D eigenvalue weighted by molar-refractivity contribution is -0.143. The number of carbonyl (C=O) groups is 3. The third kappa shape index (κ3) is 1.66. The number of hydrogen-bond acceptors (Lipinski definition) is 4. The molecule has 0 bridgehead atoms. The maximum Gasteiger partial charge on any atom is 0.328 e. The van der Waals surface area contributed by atoms with Crippen LogP contribution in [0.2, 0.25) is 0 Å². The lowest BCUT2D eigenvalue weighted by Gasteiger charge is -2.36. The first-order valence-corrected chi connectivity index (χ1v) is 5.51. The number of likely N-dealkylation sites (N-methyl/N-ethyl adjacent to an activating group) is 1. The van der Waals surface area contributed by atoms with E-state index in [1.54, 1.807) is 7.05 Å². The van der Waals surface area contributed by atoms with Gasteiger partial charge in [0.25, 0.3) is 5.91 Å². The Kier molecular flexibility index (Phi) is 2.78. The molecule has 2 aliphatic rings. The Morgan fingerprint density at radius 2 is 2.24 bits per heavy atom. The van der Waals surface area contributed by atoms with Crippen LogP contribution in [0.5, 0.6) is 0 Å². The molecule has 0 aliphatic carbocycles. The molecule has 2 saturated heterocycles. The van der Waals surface area contributed by atoms with Crippen LogP contribution in [0.15, 0.2) is 0 Å². The van der Waals surface area contributed by atoms with Gasteiger partial charge in [0, 0.05) is 13.6 Å². The van der Waals surface area contributed by atoms with Crippen molar-refractivity contribution < 1.29 is 19.5 Å². The number of piperidine rings is 1. The van der Waals surface area contributed by atoms with Gasteiger partial charge in [-0.25, -0.2) is 4.79 Å². The first-order valence-electron chi connectivity index (χ1n) is 5.51. The Bertz CT molecular complexity index is 376. The van der Waals surface area contributed by atoms with E-state index in [1.807, 2.05) is 0 Å². The average Bonchev–Trinajstić information content (AvgIpc) is 2.47. The standard InChI is InChI=1S/C10H15N3O4/c1-12-9(17)13(5-7(14)15)8(16)10(12)3-2-4-11-6-10/h11H,2-6H2,1H3,(H,14,15). The van der Waals surface area contributed by atoms with Crippen LogP contribution in [0.3, 0.4) is 0 Å². The van der Waals surface area contributed by atoms with Gasteiger partial charge in [0.1, 0.15) is 12.1 Å². The van der Waals surface area contributed by atoms with Gasteiger partial charge in [-0.15, -0.1) is 0 Å². The molecule has 1 spiro atoms.